The summed E-state index contributed by atoms with van der Waals surface area (Å²) in [5, 5.41) is 30.7. The van der Waals surface area contributed by atoms with Crippen LogP contribution in [0.2, 0.25) is 0 Å². The fourth-order valence-electron chi connectivity index (χ4n) is 4.21. The van der Waals surface area contributed by atoms with E-state index in [4.69, 9.17) is 18.9 Å². The van der Waals surface area contributed by atoms with E-state index in [-0.39, 0.29) is 32.1 Å². The van der Waals surface area contributed by atoms with E-state index in [2.05, 4.69) is 12.2 Å². The zero-order valence-corrected chi connectivity index (χ0v) is 25.5. The van der Waals surface area contributed by atoms with Crippen LogP contribution in [-0.4, -0.2) is 197 Å². The highest BCUT2D eigenvalue weighted by Gasteiger charge is 2.21. The largest absolute Gasteiger partial charge is 0.480 e. The molecule has 1 saturated heterocycles. The summed E-state index contributed by atoms with van der Waals surface area (Å²) in [4.78, 5) is 53.7. The van der Waals surface area contributed by atoms with Crippen LogP contribution in [-0.2, 0) is 38.1 Å². The molecule has 0 radical (unpaired) electrons. The standard InChI is InChI=1S/C27H51N5O11/c1-2-12-40-14-16-42-18-19-43-17-15-41-13-3-28-24(33)20-29-4-6-30(21-25(34)35)8-10-32(23-27(38)39)11-9-31(7-5-29)22-26(36)37/h2-23H2,1H3,(H,28,33)(H,34,35)(H,36,37)(H,38,39). The predicted octanol–water partition coefficient (Wildman–Crippen LogP) is -1.95. The maximum atomic E-state index is 12.6. The van der Waals surface area contributed by atoms with Crippen LogP contribution in [0.3, 0.4) is 0 Å². The molecule has 1 aliphatic heterocycles. The summed E-state index contributed by atoms with van der Waals surface area (Å²) in [6.45, 7) is 8.35. The minimum Gasteiger partial charge on any atom is -0.480 e. The number of amides is 1. The van der Waals surface area contributed by atoms with Crippen LogP contribution in [0, 0.1) is 0 Å². The van der Waals surface area contributed by atoms with Crippen molar-refractivity contribution in [3.63, 3.8) is 0 Å². The first kappa shape index (κ1) is 38.6. The highest BCUT2D eigenvalue weighted by atomic mass is 16.6. The number of nitrogens with zero attached hydrogens (tertiary/aromatic N) is 4. The van der Waals surface area contributed by atoms with Crippen LogP contribution in [0.1, 0.15) is 13.3 Å². The first-order valence-corrected chi connectivity index (χ1v) is 14.8. The summed E-state index contributed by atoms with van der Waals surface area (Å²) in [7, 11) is 0. The highest BCUT2D eigenvalue weighted by molar-refractivity contribution is 5.78. The number of carbonyl (C=O) groups is 4. The third-order valence-electron chi connectivity index (χ3n) is 6.41. The number of carbonyl (C=O) groups excluding carboxylic acids is 1. The normalized spacial score (nSPS) is 16.8. The lowest BCUT2D eigenvalue weighted by Gasteiger charge is -2.32. The van der Waals surface area contributed by atoms with Gasteiger partial charge in [0.1, 0.15) is 0 Å². The Kier molecular flexibility index (Phi) is 22.4. The number of nitrogens with one attached hydrogen (secondary N) is 1. The van der Waals surface area contributed by atoms with Crippen molar-refractivity contribution in [2.24, 2.45) is 0 Å². The van der Waals surface area contributed by atoms with Gasteiger partial charge in [0, 0.05) is 65.5 Å². The Balaban J connectivity index is 2.45. The number of aliphatic carboxylic acids is 3. The first-order chi connectivity index (χ1) is 20.7. The quantitative estimate of drug-likeness (QED) is 0.0975. The maximum absolute atomic E-state index is 12.6. The molecule has 1 aliphatic rings. The van der Waals surface area contributed by atoms with Crippen molar-refractivity contribution in [1.82, 2.24) is 24.9 Å². The molecule has 1 rings (SSSR count). The molecule has 16 heteroatoms. The Bertz CT molecular complexity index is 760. The molecular weight excluding hydrogens is 570 g/mol. The number of ether oxygens (including phenoxy) is 4. The molecule has 250 valence electrons. The maximum Gasteiger partial charge on any atom is 0.317 e. The summed E-state index contributed by atoms with van der Waals surface area (Å²) >= 11 is 0. The number of carboxylic acids is 3. The smallest absolute Gasteiger partial charge is 0.317 e. The fourth-order valence-corrected chi connectivity index (χ4v) is 4.21. The molecule has 4 N–H and O–H groups in total. The van der Waals surface area contributed by atoms with Gasteiger partial charge in [0.15, 0.2) is 0 Å². The molecular formula is C27H51N5O11. The number of hydrogen-bond acceptors (Lipinski definition) is 12. The summed E-state index contributed by atoms with van der Waals surface area (Å²) in [5.41, 5.74) is 0. The van der Waals surface area contributed by atoms with Gasteiger partial charge in [0.25, 0.3) is 0 Å². The SMILES string of the molecule is CCCOCCOCCOCCOCCNC(=O)CN1CCN(CC(=O)O)CCN(CC(=O)O)CCN(CC(=O)O)CC1. The summed E-state index contributed by atoms with van der Waals surface area (Å²) in [6, 6.07) is 0. The zero-order chi connectivity index (χ0) is 31.7. The van der Waals surface area contributed by atoms with Gasteiger partial charge in [-0.1, -0.05) is 6.92 Å². The molecule has 1 amide bonds. The van der Waals surface area contributed by atoms with Crippen LogP contribution >= 0.6 is 0 Å². The molecule has 0 aromatic rings. The fraction of sp³-hybridized carbons (Fsp3) is 0.852. The van der Waals surface area contributed by atoms with E-state index < -0.39 is 17.9 Å². The molecule has 0 aromatic heterocycles. The molecule has 0 aromatic carbocycles. The van der Waals surface area contributed by atoms with Gasteiger partial charge in [-0.2, -0.15) is 0 Å². The molecule has 0 unspecified atom stereocenters. The highest BCUT2D eigenvalue weighted by Crippen LogP contribution is 2.01. The van der Waals surface area contributed by atoms with Gasteiger partial charge in [-0.25, -0.2) is 0 Å². The summed E-state index contributed by atoms with van der Waals surface area (Å²) in [6.07, 6.45) is 0.981. The second-order valence-electron chi connectivity index (χ2n) is 10.1. The van der Waals surface area contributed by atoms with E-state index >= 15 is 0 Å². The molecule has 0 atom stereocenters. The monoisotopic (exact) mass is 621 g/mol. The van der Waals surface area contributed by atoms with E-state index in [1.165, 1.54) is 0 Å². The molecule has 0 aliphatic carbocycles. The van der Waals surface area contributed by atoms with Crippen molar-refractivity contribution >= 4 is 23.8 Å². The van der Waals surface area contributed by atoms with Gasteiger partial charge in [0.05, 0.1) is 72.4 Å². The van der Waals surface area contributed by atoms with Gasteiger partial charge >= 0.3 is 17.9 Å². The number of carboxylic acid groups (broad SMARTS) is 3. The number of rotatable bonds is 22. The van der Waals surface area contributed by atoms with Crippen molar-refractivity contribution in [1.29, 1.82) is 0 Å². The van der Waals surface area contributed by atoms with E-state index in [0.29, 0.717) is 105 Å². The average Bonchev–Trinajstić information content (AvgIpc) is 2.93. The van der Waals surface area contributed by atoms with E-state index in [1.54, 1.807) is 14.7 Å². The topological polar surface area (TPSA) is 191 Å². The average molecular weight is 622 g/mol. The van der Waals surface area contributed by atoms with Gasteiger partial charge in [-0.3, -0.25) is 38.8 Å². The zero-order valence-electron chi connectivity index (χ0n) is 25.5. The van der Waals surface area contributed by atoms with Crippen molar-refractivity contribution in [3.8, 4) is 0 Å². The lowest BCUT2D eigenvalue weighted by Crippen LogP contribution is -2.50. The summed E-state index contributed by atoms with van der Waals surface area (Å²) in [5.74, 6) is -3.24. The Hall–Kier alpha value is -2.44. The van der Waals surface area contributed by atoms with E-state index in [0.717, 1.165) is 13.0 Å². The first-order valence-electron chi connectivity index (χ1n) is 14.8. The van der Waals surface area contributed by atoms with Gasteiger partial charge in [0.2, 0.25) is 5.91 Å². The van der Waals surface area contributed by atoms with Crippen LogP contribution in [0.4, 0.5) is 0 Å². The second-order valence-corrected chi connectivity index (χ2v) is 10.1. The third kappa shape index (κ3) is 22.7. The predicted molar refractivity (Wildman–Crippen MR) is 155 cm³/mol. The Morgan fingerprint density at radius 1 is 0.512 bits per heavy atom. The van der Waals surface area contributed by atoms with Crippen LogP contribution in [0.5, 0.6) is 0 Å². The van der Waals surface area contributed by atoms with Crippen LogP contribution < -0.4 is 5.32 Å². The molecule has 0 saturated carbocycles. The van der Waals surface area contributed by atoms with Crippen molar-refractivity contribution in [2.45, 2.75) is 13.3 Å². The van der Waals surface area contributed by atoms with Gasteiger partial charge in [-0.15, -0.1) is 0 Å². The minimum absolute atomic E-state index is 0.0551. The van der Waals surface area contributed by atoms with E-state index in [9.17, 15) is 34.5 Å². The molecule has 43 heavy (non-hydrogen) atoms. The molecule has 1 fully saturated rings. The molecule has 0 bridgehead atoms. The molecule has 1 heterocycles. The number of hydrogen-bond donors (Lipinski definition) is 4. The van der Waals surface area contributed by atoms with Crippen LogP contribution in [0.25, 0.3) is 0 Å². The summed E-state index contributed by atoms with van der Waals surface area (Å²) < 4.78 is 21.7. The van der Waals surface area contributed by atoms with Crippen LogP contribution in [0.15, 0.2) is 0 Å². The second kappa shape index (κ2) is 24.9. The minimum atomic E-state index is -1.01. The Labute approximate surface area is 253 Å². The Morgan fingerprint density at radius 3 is 1.14 bits per heavy atom. The van der Waals surface area contributed by atoms with Crippen molar-refractivity contribution in [2.75, 3.05) is 138 Å². The molecule has 0 spiro atoms. The van der Waals surface area contributed by atoms with Crippen molar-refractivity contribution < 1.29 is 53.4 Å². The lowest BCUT2D eigenvalue weighted by molar-refractivity contribution is -0.140. The van der Waals surface area contributed by atoms with E-state index in [1.807, 2.05) is 4.90 Å². The Morgan fingerprint density at radius 2 is 0.814 bits per heavy atom. The third-order valence-corrected chi connectivity index (χ3v) is 6.41. The van der Waals surface area contributed by atoms with Gasteiger partial charge < -0.3 is 39.6 Å². The molecule has 16 nitrogen and oxygen atoms in total. The van der Waals surface area contributed by atoms with Crippen molar-refractivity contribution in [3.05, 3.63) is 0 Å². The van der Waals surface area contributed by atoms with Gasteiger partial charge in [-0.05, 0) is 6.42 Å². The lowest BCUT2D eigenvalue weighted by atomic mass is 10.3.